The molecule has 1 aromatic carbocycles. The number of hydrogen-bond donors (Lipinski definition) is 1. The highest BCUT2D eigenvalue weighted by Gasteiger charge is 2.56. The molecule has 2 heterocycles. The van der Waals surface area contributed by atoms with Crippen LogP contribution >= 0.6 is 0 Å². The van der Waals surface area contributed by atoms with Gasteiger partial charge < -0.3 is 14.8 Å². The molecule has 1 fully saturated rings. The molecule has 1 N–H and O–H groups in total. The van der Waals surface area contributed by atoms with Crippen LogP contribution in [0.1, 0.15) is 32.4 Å². The first-order chi connectivity index (χ1) is 7.97. The van der Waals surface area contributed by atoms with Crippen molar-refractivity contribution in [3.05, 3.63) is 23.8 Å². The number of anilines is 1. The molecule has 0 bridgehead atoms. The smallest absolute Gasteiger partial charge is 0.221 e. The fourth-order valence-corrected chi connectivity index (χ4v) is 2.36. The molecule has 2 atom stereocenters. The van der Waals surface area contributed by atoms with Crippen molar-refractivity contribution in [3.63, 3.8) is 0 Å². The van der Waals surface area contributed by atoms with Gasteiger partial charge in [0.1, 0.15) is 23.6 Å². The van der Waals surface area contributed by atoms with Gasteiger partial charge in [-0.15, -0.1) is 0 Å². The van der Waals surface area contributed by atoms with Crippen LogP contribution in [-0.4, -0.2) is 17.6 Å². The zero-order valence-corrected chi connectivity index (χ0v) is 10.1. The van der Waals surface area contributed by atoms with Crippen LogP contribution in [0, 0.1) is 0 Å². The highest BCUT2D eigenvalue weighted by atomic mass is 16.6. The normalized spacial score (nSPS) is 27.5. The second kappa shape index (κ2) is 3.23. The van der Waals surface area contributed by atoms with Crippen molar-refractivity contribution < 1.29 is 14.3 Å². The van der Waals surface area contributed by atoms with E-state index >= 15 is 0 Å². The molecule has 1 amide bonds. The largest absolute Gasteiger partial charge is 0.485 e. The SMILES string of the molecule is CC(=O)Nc1ccc2c(c1)[C@H]1O[C@@H]1C(C)(C)O2. The van der Waals surface area contributed by atoms with E-state index < -0.39 is 0 Å². The summed E-state index contributed by atoms with van der Waals surface area (Å²) >= 11 is 0. The second-order valence-corrected chi connectivity index (χ2v) is 5.12. The maximum atomic E-state index is 11.0. The van der Waals surface area contributed by atoms with Gasteiger partial charge in [0.15, 0.2) is 0 Å². The Morgan fingerprint density at radius 3 is 2.88 bits per heavy atom. The summed E-state index contributed by atoms with van der Waals surface area (Å²) < 4.78 is 11.5. The number of hydrogen-bond acceptors (Lipinski definition) is 3. The van der Waals surface area contributed by atoms with Gasteiger partial charge in [-0.25, -0.2) is 0 Å². The quantitative estimate of drug-likeness (QED) is 0.757. The van der Waals surface area contributed by atoms with Crippen molar-refractivity contribution in [3.8, 4) is 5.75 Å². The first kappa shape index (κ1) is 10.6. The van der Waals surface area contributed by atoms with Gasteiger partial charge >= 0.3 is 0 Å². The molecule has 2 aliphatic rings. The van der Waals surface area contributed by atoms with E-state index in [2.05, 4.69) is 5.32 Å². The Hall–Kier alpha value is -1.55. The highest BCUT2D eigenvalue weighted by molar-refractivity contribution is 5.88. The molecule has 17 heavy (non-hydrogen) atoms. The average Bonchev–Trinajstić information content (AvgIpc) is 2.98. The molecule has 0 aliphatic carbocycles. The van der Waals surface area contributed by atoms with Crippen LogP contribution < -0.4 is 10.1 Å². The molecule has 1 saturated heterocycles. The van der Waals surface area contributed by atoms with Gasteiger partial charge in [0.05, 0.1) is 0 Å². The predicted molar refractivity (Wildman–Crippen MR) is 63.1 cm³/mol. The number of fused-ring (bicyclic) bond motifs is 3. The van der Waals surface area contributed by atoms with E-state index in [0.717, 1.165) is 17.0 Å². The highest BCUT2D eigenvalue weighted by Crippen LogP contribution is 2.54. The average molecular weight is 233 g/mol. The number of amides is 1. The number of epoxide rings is 1. The minimum Gasteiger partial charge on any atom is -0.485 e. The molecule has 0 aromatic heterocycles. The van der Waals surface area contributed by atoms with Crippen molar-refractivity contribution in [1.29, 1.82) is 0 Å². The molecule has 4 heteroatoms. The van der Waals surface area contributed by atoms with Crippen LogP contribution in [0.3, 0.4) is 0 Å². The Morgan fingerprint density at radius 2 is 2.18 bits per heavy atom. The van der Waals surface area contributed by atoms with Crippen LogP contribution in [0.5, 0.6) is 5.75 Å². The van der Waals surface area contributed by atoms with Gasteiger partial charge in [-0.05, 0) is 32.0 Å². The minimum absolute atomic E-state index is 0.0738. The van der Waals surface area contributed by atoms with E-state index in [-0.39, 0.29) is 23.7 Å². The van der Waals surface area contributed by atoms with Crippen LogP contribution in [0.15, 0.2) is 18.2 Å². The molecular weight excluding hydrogens is 218 g/mol. The van der Waals surface area contributed by atoms with Gasteiger partial charge in [-0.1, -0.05) is 0 Å². The Morgan fingerprint density at radius 1 is 1.41 bits per heavy atom. The van der Waals surface area contributed by atoms with Gasteiger partial charge in [0.2, 0.25) is 5.91 Å². The minimum atomic E-state index is -0.271. The zero-order chi connectivity index (χ0) is 12.2. The predicted octanol–water partition coefficient (Wildman–Crippen LogP) is 2.26. The van der Waals surface area contributed by atoms with Crippen LogP contribution in [0.4, 0.5) is 5.69 Å². The Bertz CT molecular complexity index is 495. The van der Waals surface area contributed by atoms with E-state index in [0.29, 0.717) is 0 Å². The molecule has 0 unspecified atom stereocenters. The van der Waals surface area contributed by atoms with Crippen LogP contribution in [-0.2, 0) is 9.53 Å². The molecule has 3 rings (SSSR count). The lowest BCUT2D eigenvalue weighted by Crippen LogP contribution is -2.37. The summed E-state index contributed by atoms with van der Waals surface area (Å²) in [4.78, 5) is 11.0. The van der Waals surface area contributed by atoms with Gasteiger partial charge in [-0.3, -0.25) is 4.79 Å². The van der Waals surface area contributed by atoms with Crippen LogP contribution in [0.25, 0.3) is 0 Å². The summed E-state index contributed by atoms with van der Waals surface area (Å²) in [5, 5.41) is 2.76. The van der Waals surface area contributed by atoms with Crippen molar-refractivity contribution in [2.75, 3.05) is 5.32 Å². The van der Waals surface area contributed by atoms with E-state index in [4.69, 9.17) is 9.47 Å². The standard InChI is InChI=1S/C13H15NO3/c1-7(15)14-8-4-5-10-9(6-8)11-12(16-11)13(2,3)17-10/h4-6,11-12H,1-3H3,(H,14,15)/t11-,12+/m1/s1. The molecule has 1 aromatic rings. The first-order valence-electron chi connectivity index (χ1n) is 5.73. The third-order valence-corrected chi connectivity index (χ3v) is 3.19. The number of carbonyl (C=O) groups excluding carboxylic acids is 1. The van der Waals surface area contributed by atoms with E-state index in [1.54, 1.807) is 0 Å². The fraction of sp³-hybridized carbons (Fsp3) is 0.462. The fourth-order valence-electron chi connectivity index (χ4n) is 2.36. The molecule has 90 valence electrons. The monoisotopic (exact) mass is 233 g/mol. The molecular formula is C13H15NO3. The van der Waals surface area contributed by atoms with Crippen molar-refractivity contribution in [1.82, 2.24) is 0 Å². The maximum Gasteiger partial charge on any atom is 0.221 e. The lowest BCUT2D eigenvalue weighted by Gasteiger charge is -2.29. The number of carbonyl (C=O) groups is 1. The second-order valence-electron chi connectivity index (χ2n) is 5.12. The Kier molecular flexibility index (Phi) is 2.01. The van der Waals surface area contributed by atoms with Crippen LogP contribution in [0.2, 0.25) is 0 Å². The van der Waals surface area contributed by atoms with Crippen molar-refractivity contribution >= 4 is 11.6 Å². The van der Waals surface area contributed by atoms with Crippen molar-refractivity contribution in [2.24, 2.45) is 0 Å². The summed E-state index contributed by atoms with van der Waals surface area (Å²) in [6.07, 6.45) is 0.241. The lowest BCUT2D eigenvalue weighted by molar-refractivity contribution is -0.114. The maximum absolute atomic E-state index is 11.0. The summed E-state index contributed by atoms with van der Waals surface area (Å²) in [6, 6.07) is 5.66. The number of benzene rings is 1. The molecule has 0 radical (unpaired) electrons. The first-order valence-corrected chi connectivity index (χ1v) is 5.73. The third-order valence-electron chi connectivity index (χ3n) is 3.19. The van der Waals surface area contributed by atoms with E-state index in [1.807, 2.05) is 32.0 Å². The number of rotatable bonds is 1. The van der Waals surface area contributed by atoms with Gasteiger partial charge in [0.25, 0.3) is 0 Å². The summed E-state index contributed by atoms with van der Waals surface area (Å²) in [5.41, 5.74) is 1.54. The molecule has 4 nitrogen and oxygen atoms in total. The summed E-state index contributed by atoms with van der Waals surface area (Å²) in [6.45, 7) is 5.56. The lowest BCUT2D eigenvalue weighted by atomic mass is 9.94. The molecule has 0 spiro atoms. The topological polar surface area (TPSA) is 50.9 Å². The molecule has 2 aliphatic heterocycles. The Balaban J connectivity index is 1.95. The zero-order valence-electron chi connectivity index (χ0n) is 10.1. The summed E-state index contributed by atoms with van der Waals surface area (Å²) in [5.74, 6) is 0.776. The number of nitrogens with one attached hydrogen (secondary N) is 1. The summed E-state index contributed by atoms with van der Waals surface area (Å²) in [7, 11) is 0. The third kappa shape index (κ3) is 1.69. The van der Waals surface area contributed by atoms with E-state index in [9.17, 15) is 4.79 Å². The van der Waals surface area contributed by atoms with Crippen molar-refractivity contribution in [2.45, 2.75) is 38.6 Å². The number of ether oxygens (including phenoxy) is 2. The Labute approximate surface area is 99.9 Å². The van der Waals surface area contributed by atoms with Gasteiger partial charge in [0, 0.05) is 18.2 Å². The molecule has 0 saturated carbocycles. The van der Waals surface area contributed by atoms with E-state index in [1.165, 1.54) is 6.92 Å². The van der Waals surface area contributed by atoms with Gasteiger partial charge in [-0.2, -0.15) is 0 Å².